The maximum Gasteiger partial charge on any atom is 0.199 e. The van der Waals surface area contributed by atoms with Crippen LogP contribution in [-0.4, -0.2) is 43.5 Å². The van der Waals surface area contributed by atoms with Crippen molar-refractivity contribution in [3.63, 3.8) is 0 Å². The lowest BCUT2D eigenvalue weighted by molar-refractivity contribution is 0.0649. The summed E-state index contributed by atoms with van der Waals surface area (Å²) >= 11 is 5.74. The van der Waals surface area contributed by atoms with Crippen molar-refractivity contribution in [2.75, 3.05) is 13.1 Å². The third kappa shape index (κ3) is 3.45. The molecule has 24 heavy (non-hydrogen) atoms. The van der Waals surface area contributed by atoms with Gasteiger partial charge in [0.2, 0.25) is 0 Å². The molecule has 1 aliphatic heterocycles. The van der Waals surface area contributed by atoms with Crippen LogP contribution in [-0.2, 0) is 13.2 Å². The normalized spacial score (nSPS) is 19.7. The highest BCUT2D eigenvalue weighted by Crippen LogP contribution is 2.39. The number of piperidine rings is 1. The highest BCUT2D eigenvalue weighted by Gasteiger charge is 2.30. The molecule has 0 bridgehead atoms. The monoisotopic (exact) mass is 344 g/mol. The molecule has 0 amide bonds. The molecule has 1 aromatic carbocycles. The second-order valence-corrected chi connectivity index (χ2v) is 7.34. The van der Waals surface area contributed by atoms with Gasteiger partial charge in [-0.25, -0.2) is 4.68 Å². The van der Waals surface area contributed by atoms with Gasteiger partial charge in [-0.2, -0.15) is 5.10 Å². The Morgan fingerprint density at radius 1 is 1.08 bits per heavy atom. The molecule has 0 spiro atoms. The molecule has 0 atom stereocenters. The lowest BCUT2D eigenvalue weighted by Crippen LogP contribution is -2.37. The number of aromatic nitrogens is 3. The van der Waals surface area contributed by atoms with Gasteiger partial charge in [0.15, 0.2) is 4.77 Å². The number of likely N-dealkylation sites (tertiary alicyclic amines) is 1. The molecule has 6 heteroatoms. The molecule has 1 aliphatic carbocycles. The fraction of sp³-hybridized carbons (Fsp3) is 0.556. The fourth-order valence-corrected chi connectivity index (χ4v) is 3.61. The van der Waals surface area contributed by atoms with E-state index in [-0.39, 0.29) is 6.10 Å². The van der Waals surface area contributed by atoms with E-state index in [0.29, 0.717) is 5.92 Å². The van der Waals surface area contributed by atoms with Crippen molar-refractivity contribution >= 4 is 12.2 Å². The van der Waals surface area contributed by atoms with Gasteiger partial charge in [-0.1, -0.05) is 30.3 Å². The topological polar surface area (TPSA) is 46.2 Å². The van der Waals surface area contributed by atoms with E-state index in [1.807, 2.05) is 10.7 Å². The van der Waals surface area contributed by atoms with Crippen molar-refractivity contribution in [1.29, 1.82) is 0 Å². The molecular formula is C18H24N4OS. The van der Waals surface area contributed by atoms with Crippen LogP contribution in [0.2, 0.25) is 0 Å². The molecule has 1 saturated heterocycles. The summed E-state index contributed by atoms with van der Waals surface area (Å²) < 4.78 is 5.00. The smallest absolute Gasteiger partial charge is 0.199 e. The molecule has 0 unspecified atom stereocenters. The Morgan fingerprint density at radius 3 is 2.46 bits per heavy atom. The summed E-state index contributed by atoms with van der Waals surface area (Å²) in [5.74, 6) is 1.71. The molecular weight excluding hydrogens is 320 g/mol. The first-order valence-corrected chi connectivity index (χ1v) is 9.23. The fourth-order valence-electron chi connectivity index (χ4n) is 3.36. The summed E-state index contributed by atoms with van der Waals surface area (Å²) in [4.78, 5) is 2.33. The van der Waals surface area contributed by atoms with Crippen LogP contribution in [0.25, 0.3) is 0 Å². The van der Waals surface area contributed by atoms with E-state index in [9.17, 15) is 5.11 Å². The molecule has 0 radical (unpaired) electrons. The van der Waals surface area contributed by atoms with Crippen molar-refractivity contribution < 1.29 is 5.11 Å². The Kier molecular flexibility index (Phi) is 4.52. The van der Waals surface area contributed by atoms with Gasteiger partial charge in [-0.15, -0.1) is 0 Å². The zero-order chi connectivity index (χ0) is 16.5. The van der Waals surface area contributed by atoms with Crippen LogP contribution in [0, 0.1) is 4.77 Å². The lowest BCUT2D eigenvalue weighted by Gasteiger charge is -2.28. The zero-order valence-electron chi connectivity index (χ0n) is 13.8. The molecule has 4 rings (SSSR count). The van der Waals surface area contributed by atoms with Crippen LogP contribution in [0.3, 0.4) is 0 Å². The largest absolute Gasteiger partial charge is 0.393 e. The Balaban J connectivity index is 1.57. The number of aliphatic hydroxyl groups is 1. The molecule has 2 aliphatic rings. The Hall–Kier alpha value is -1.50. The van der Waals surface area contributed by atoms with Crippen molar-refractivity contribution in [1.82, 2.24) is 19.2 Å². The minimum Gasteiger partial charge on any atom is -0.393 e. The van der Waals surface area contributed by atoms with Crippen molar-refractivity contribution in [3.05, 3.63) is 46.5 Å². The molecule has 128 valence electrons. The lowest BCUT2D eigenvalue weighted by atomic mass is 10.1. The van der Waals surface area contributed by atoms with Crippen molar-refractivity contribution in [2.24, 2.45) is 0 Å². The number of hydrogen-bond donors (Lipinski definition) is 1. The minimum absolute atomic E-state index is 0.146. The second kappa shape index (κ2) is 6.78. The zero-order valence-corrected chi connectivity index (χ0v) is 14.7. The van der Waals surface area contributed by atoms with E-state index >= 15 is 0 Å². The van der Waals surface area contributed by atoms with E-state index in [4.69, 9.17) is 17.3 Å². The van der Waals surface area contributed by atoms with Crippen LogP contribution in [0.1, 0.15) is 43.0 Å². The van der Waals surface area contributed by atoms with Gasteiger partial charge >= 0.3 is 0 Å². The van der Waals surface area contributed by atoms with Gasteiger partial charge in [-0.05, 0) is 43.5 Å². The van der Waals surface area contributed by atoms with E-state index in [0.717, 1.165) is 49.7 Å². The van der Waals surface area contributed by atoms with Crippen LogP contribution < -0.4 is 0 Å². The van der Waals surface area contributed by atoms with Crippen LogP contribution in [0.15, 0.2) is 30.3 Å². The molecule has 2 fully saturated rings. The van der Waals surface area contributed by atoms with Gasteiger partial charge in [-0.3, -0.25) is 9.47 Å². The molecule has 1 saturated carbocycles. The van der Waals surface area contributed by atoms with Gasteiger partial charge in [0, 0.05) is 19.0 Å². The van der Waals surface area contributed by atoms with Crippen molar-refractivity contribution in [2.45, 2.75) is 50.9 Å². The molecule has 1 N–H and O–H groups in total. The highest BCUT2D eigenvalue weighted by molar-refractivity contribution is 7.71. The van der Waals surface area contributed by atoms with E-state index in [2.05, 4.69) is 33.7 Å². The summed E-state index contributed by atoms with van der Waals surface area (Å²) in [7, 11) is 0. The molecule has 5 nitrogen and oxygen atoms in total. The Morgan fingerprint density at radius 2 is 1.79 bits per heavy atom. The molecule has 1 aromatic heterocycles. The van der Waals surface area contributed by atoms with E-state index in [1.165, 1.54) is 18.4 Å². The van der Waals surface area contributed by atoms with Crippen LogP contribution >= 0.6 is 12.2 Å². The van der Waals surface area contributed by atoms with Gasteiger partial charge in [0.05, 0.1) is 19.3 Å². The molecule has 2 heterocycles. The number of benzene rings is 1. The first-order valence-electron chi connectivity index (χ1n) is 8.82. The van der Waals surface area contributed by atoms with Gasteiger partial charge in [0.25, 0.3) is 0 Å². The number of hydrogen-bond acceptors (Lipinski definition) is 4. The summed E-state index contributed by atoms with van der Waals surface area (Å²) in [5.41, 5.74) is 1.26. The summed E-state index contributed by atoms with van der Waals surface area (Å²) in [6.45, 7) is 3.35. The Labute approximate surface area is 147 Å². The average Bonchev–Trinajstić information content (AvgIpc) is 3.40. The quantitative estimate of drug-likeness (QED) is 0.847. The standard InChI is InChI=1S/C18H24N4OS/c23-16-8-10-20(11-9-16)13-22-18(24)21(17(19-22)15-6-7-15)12-14-4-2-1-3-5-14/h1-5,15-16,23H,6-13H2. The Bertz CT molecular complexity index is 742. The maximum absolute atomic E-state index is 9.67. The van der Waals surface area contributed by atoms with Gasteiger partial charge in [0.1, 0.15) is 5.82 Å². The summed E-state index contributed by atoms with van der Waals surface area (Å²) in [5, 5.41) is 14.5. The number of rotatable bonds is 5. The van der Waals surface area contributed by atoms with E-state index in [1.54, 1.807) is 0 Å². The van der Waals surface area contributed by atoms with E-state index < -0.39 is 0 Å². The third-order valence-corrected chi connectivity index (χ3v) is 5.40. The minimum atomic E-state index is -0.146. The SMILES string of the molecule is OC1CCN(Cn2nc(C3CC3)n(Cc3ccccc3)c2=S)CC1. The van der Waals surface area contributed by atoms with Crippen molar-refractivity contribution in [3.8, 4) is 0 Å². The van der Waals surface area contributed by atoms with Gasteiger partial charge < -0.3 is 5.11 Å². The number of nitrogens with zero attached hydrogens (tertiary/aromatic N) is 4. The molecule has 2 aromatic rings. The average molecular weight is 344 g/mol. The predicted octanol–water partition coefficient (Wildman–Crippen LogP) is 2.75. The maximum atomic E-state index is 9.67. The summed E-state index contributed by atoms with van der Waals surface area (Å²) in [6, 6.07) is 10.5. The third-order valence-electron chi connectivity index (χ3n) is 4.97. The first-order chi connectivity index (χ1) is 11.7. The van der Waals surface area contributed by atoms with Crippen LogP contribution in [0.5, 0.6) is 0 Å². The highest BCUT2D eigenvalue weighted by atomic mass is 32.1. The first kappa shape index (κ1) is 16.0. The predicted molar refractivity (Wildman–Crippen MR) is 95.4 cm³/mol. The summed E-state index contributed by atoms with van der Waals surface area (Å²) in [6.07, 6.45) is 3.97. The number of aliphatic hydroxyl groups excluding tert-OH is 1. The van der Waals surface area contributed by atoms with Crippen LogP contribution in [0.4, 0.5) is 0 Å². The second-order valence-electron chi connectivity index (χ2n) is 6.98.